The molecule has 1 aliphatic carbocycles. The average Bonchev–Trinajstić information content (AvgIpc) is 3.30. The van der Waals surface area contributed by atoms with Crippen LogP contribution in [-0.4, -0.2) is 44.7 Å². The number of hydrogen-bond donors (Lipinski definition) is 2. The standard InChI is InChI=1S/C18H22FN5O2/c1-12-20-8-13(19)15(22-12)23-17-5-6-18(9-17,26-11-17)10-21-16(25)14-4-3-7-24(14)2/h3-4,7-8H,5-6,9-11H2,1-2H3,(H,21,25)(H,20,22,23). The topological polar surface area (TPSA) is 81.1 Å². The number of aromatic nitrogens is 3. The van der Waals surface area contributed by atoms with Crippen molar-refractivity contribution in [1.82, 2.24) is 19.9 Å². The van der Waals surface area contributed by atoms with Crippen LogP contribution in [0.4, 0.5) is 10.2 Å². The van der Waals surface area contributed by atoms with Crippen LogP contribution in [0, 0.1) is 12.7 Å². The van der Waals surface area contributed by atoms with Crippen LogP contribution in [0.5, 0.6) is 0 Å². The lowest BCUT2D eigenvalue weighted by Crippen LogP contribution is -2.42. The summed E-state index contributed by atoms with van der Waals surface area (Å²) in [4.78, 5) is 20.4. The summed E-state index contributed by atoms with van der Waals surface area (Å²) in [6.45, 7) is 2.63. The summed E-state index contributed by atoms with van der Waals surface area (Å²) < 4.78 is 21.8. The number of hydrogen-bond acceptors (Lipinski definition) is 5. The maximum Gasteiger partial charge on any atom is 0.267 e. The van der Waals surface area contributed by atoms with Crippen LogP contribution < -0.4 is 10.6 Å². The van der Waals surface area contributed by atoms with Crippen LogP contribution in [0.1, 0.15) is 35.6 Å². The first kappa shape index (κ1) is 17.0. The Balaban J connectivity index is 1.42. The van der Waals surface area contributed by atoms with E-state index in [0.29, 0.717) is 31.1 Å². The van der Waals surface area contributed by atoms with Gasteiger partial charge in [-0.05, 0) is 31.9 Å². The Morgan fingerprint density at radius 3 is 3.00 bits per heavy atom. The highest BCUT2D eigenvalue weighted by molar-refractivity contribution is 5.92. The number of carbonyl (C=O) groups is 1. The summed E-state index contributed by atoms with van der Waals surface area (Å²) in [5.74, 6) is 0.145. The van der Waals surface area contributed by atoms with Gasteiger partial charge in [0, 0.05) is 26.2 Å². The van der Waals surface area contributed by atoms with Gasteiger partial charge in [-0.1, -0.05) is 0 Å². The van der Waals surface area contributed by atoms with Gasteiger partial charge in [0.15, 0.2) is 11.6 Å². The predicted octanol–water partition coefficient (Wildman–Crippen LogP) is 1.80. The molecular weight excluding hydrogens is 337 g/mol. The summed E-state index contributed by atoms with van der Waals surface area (Å²) in [6, 6.07) is 3.62. The Morgan fingerprint density at radius 1 is 1.46 bits per heavy atom. The number of ether oxygens (including phenoxy) is 1. The molecule has 2 bridgehead atoms. The lowest BCUT2D eigenvalue weighted by Gasteiger charge is -2.29. The van der Waals surface area contributed by atoms with Crippen LogP contribution in [0.3, 0.4) is 0 Å². The van der Waals surface area contributed by atoms with Gasteiger partial charge in [-0.15, -0.1) is 0 Å². The molecule has 138 valence electrons. The third-order valence-electron chi connectivity index (χ3n) is 5.37. The van der Waals surface area contributed by atoms with E-state index in [1.165, 1.54) is 6.20 Å². The van der Waals surface area contributed by atoms with Crippen LogP contribution >= 0.6 is 0 Å². The normalized spacial score (nSPS) is 26.9. The van der Waals surface area contributed by atoms with Crippen molar-refractivity contribution in [3.63, 3.8) is 0 Å². The molecule has 1 aliphatic heterocycles. The van der Waals surface area contributed by atoms with Crippen molar-refractivity contribution in [2.45, 2.75) is 37.3 Å². The molecule has 26 heavy (non-hydrogen) atoms. The Bertz CT molecular complexity index is 842. The van der Waals surface area contributed by atoms with Crippen LogP contribution in [0.2, 0.25) is 0 Å². The van der Waals surface area contributed by atoms with Crippen LogP contribution in [-0.2, 0) is 11.8 Å². The number of aryl methyl sites for hydroxylation is 2. The molecule has 1 amide bonds. The van der Waals surface area contributed by atoms with Crippen molar-refractivity contribution in [3.8, 4) is 0 Å². The second kappa shape index (κ2) is 6.05. The summed E-state index contributed by atoms with van der Waals surface area (Å²) in [5, 5.41) is 6.21. The van der Waals surface area contributed by atoms with Gasteiger partial charge in [0.1, 0.15) is 11.5 Å². The zero-order valence-corrected chi connectivity index (χ0v) is 14.9. The number of fused-ring (bicyclic) bond motifs is 2. The van der Waals surface area contributed by atoms with E-state index in [4.69, 9.17) is 4.74 Å². The molecule has 2 aromatic heterocycles. The van der Waals surface area contributed by atoms with Gasteiger partial charge in [0.2, 0.25) is 0 Å². The van der Waals surface area contributed by atoms with Crippen molar-refractivity contribution < 1.29 is 13.9 Å². The van der Waals surface area contributed by atoms with Gasteiger partial charge in [0.25, 0.3) is 5.91 Å². The van der Waals surface area contributed by atoms with E-state index >= 15 is 0 Å². The molecule has 2 fully saturated rings. The quantitative estimate of drug-likeness (QED) is 0.851. The molecule has 2 unspecified atom stereocenters. The number of carbonyl (C=O) groups excluding carboxylic acids is 1. The minimum atomic E-state index is -0.466. The Labute approximate surface area is 151 Å². The number of anilines is 1. The zero-order valence-electron chi connectivity index (χ0n) is 14.9. The highest BCUT2D eigenvalue weighted by atomic mass is 19.1. The average molecular weight is 359 g/mol. The SMILES string of the molecule is Cc1ncc(F)c(NC23CCC(CNC(=O)c4cccn4C)(C2)OC3)n1. The lowest BCUT2D eigenvalue weighted by molar-refractivity contribution is -0.0160. The van der Waals surface area contributed by atoms with Crippen molar-refractivity contribution in [2.75, 3.05) is 18.5 Å². The monoisotopic (exact) mass is 359 g/mol. The fraction of sp³-hybridized carbons (Fsp3) is 0.500. The lowest BCUT2D eigenvalue weighted by atomic mass is 9.98. The first-order valence-electron chi connectivity index (χ1n) is 8.71. The van der Waals surface area contributed by atoms with Crippen molar-refractivity contribution >= 4 is 11.7 Å². The minimum Gasteiger partial charge on any atom is -0.371 e. The predicted molar refractivity (Wildman–Crippen MR) is 93.4 cm³/mol. The Kier molecular flexibility index (Phi) is 3.95. The molecule has 0 radical (unpaired) electrons. The second-order valence-electron chi connectivity index (χ2n) is 7.35. The third kappa shape index (κ3) is 2.94. The van der Waals surface area contributed by atoms with E-state index in [-0.39, 0.29) is 17.3 Å². The van der Waals surface area contributed by atoms with E-state index in [1.54, 1.807) is 17.6 Å². The van der Waals surface area contributed by atoms with E-state index in [2.05, 4.69) is 20.6 Å². The molecule has 2 N–H and O–H groups in total. The van der Waals surface area contributed by atoms with E-state index in [0.717, 1.165) is 12.8 Å². The van der Waals surface area contributed by atoms with Crippen LogP contribution in [0.15, 0.2) is 24.5 Å². The molecule has 2 atom stereocenters. The van der Waals surface area contributed by atoms with Gasteiger partial charge >= 0.3 is 0 Å². The largest absolute Gasteiger partial charge is 0.371 e. The van der Waals surface area contributed by atoms with E-state index in [1.807, 2.05) is 19.3 Å². The van der Waals surface area contributed by atoms with Crippen molar-refractivity contribution in [3.05, 3.63) is 41.9 Å². The smallest absolute Gasteiger partial charge is 0.267 e. The molecule has 1 saturated heterocycles. The molecule has 4 rings (SSSR count). The van der Waals surface area contributed by atoms with E-state index in [9.17, 15) is 9.18 Å². The fourth-order valence-electron chi connectivity index (χ4n) is 3.97. The summed E-state index contributed by atoms with van der Waals surface area (Å²) in [6.07, 6.45) is 5.37. The van der Waals surface area contributed by atoms with Gasteiger partial charge in [-0.3, -0.25) is 4.79 Å². The third-order valence-corrected chi connectivity index (χ3v) is 5.37. The summed E-state index contributed by atoms with van der Waals surface area (Å²) in [5.41, 5.74) is -0.149. The maximum atomic E-state index is 14.0. The fourth-order valence-corrected chi connectivity index (χ4v) is 3.97. The molecule has 0 aromatic carbocycles. The molecular formula is C18H22FN5O2. The molecule has 8 heteroatoms. The van der Waals surface area contributed by atoms with Crippen molar-refractivity contribution in [2.24, 2.45) is 7.05 Å². The molecule has 1 saturated carbocycles. The highest BCUT2D eigenvalue weighted by Crippen LogP contribution is 2.48. The zero-order chi connectivity index (χ0) is 18.4. The number of nitrogens with one attached hydrogen (secondary N) is 2. The molecule has 7 nitrogen and oxygen atoms in total. The molecule has 2 aromatic rings. The first-order valence-corrected chi connectivity index (χ1v) is 8.71. The number of rotatable bonds is 5. The second-order valence-corrected chi connectivity index (χ2v) is 7.35. The van der Waals surface area contributed by atoms with Gasteiger partial charge in [-0.25, -0.2) is 14.4 Å². The van der Waals surface area contributed by atoms with Gasteiger partial charge in [-0.2, -0.15) is 0 Å². The minimum absolute atomic E-state index is 0.120. The van der Waals surface area contributed by atoms with Gasteiger partial charge in [0.05, 0.1) is 23.9 Å². The number of halogens is 1. The van der Waals surface area contributed by atoms with Crippen molar-refractivity contribution in [1.29, 1.82) is 0 Å². The Hall–Kier alpha value is -2.48. The number of nitrogens with zero attached hydrogens (tertiary/aromatic N) is 3. The highest BCUT2D eigenvalue weighted by Gasteiger charge is 2.56. The summed E-state index contributed by atoms with van der Waals surface area (Å²) >= 11 is 0. The van der Waals surface area contributed by atoms with E-state index < -0.39 is 11.4 Å². The maximum absolute atomic E-state index is 14.0. The van der Waals surface area contributed by atoms with Crippen LogP contribution in [0.25, 0.3) is 0 Å². The molecule has 0 spiro atoms. The Morgan fingerprint density at radius 2 is 2.31 bits per heavy atom. The first-order chi connectivity index (χ1) is 12.4. The summed E-state index contributed by atoms with van der Waals surface area (Å²) in [7, 11) is 1.84. The molecule has 2 aliphatic rings. The number of amides is 1. The van der Waals surface area contributed by atoms with Gasteiger partial charge < -0.3 is 19.9 Å². The molecule has 3 heterocycles.